The maximum absolute atomic E-state index is 12.5. The molecule has 9 heteroatoms. The van der Waals surface area contributed by atoms with Gasteiger partial charge in [-0.1, -0.05) is 11.8 Å². The lowest BCUT2D eigenvalue weighted by atomic mass is 10.2. The van der Waals surface area contributed by atoms with Crippen LogP contribution in [-0.2, 0) is 11.0 Å². The quantitative estimate of drug-likeness (QED) is 0.732. The van der Waals surface area contributed by atoms with E-state index in [1.54, 1.807) is 24.3 Å². The molecule has 1 heterocycles. The lowest BCUT2D eigenvalue weighted by molar-refractivity contribution is -0.137. The van der Waals surface area contributed by atoms with E-state index in [0.29, 0.717) is 16.3 Å². The molecule has 27 heavy (non-hydrogen) atoms. The van der Waals surface area contributed by atoms with Crippen molar-refractivity contribution in [2.45, 2.75) is 30.1 Å². The van der Waals surface area contributed by atoms with Gasteiger partial charge in [-0.3, -0.25) is 9.59 Å². The normalized spacial score (nSPS) is 13.9. The fourth-order valence-electron chi connectivity index (χ4n) is 2.17. The minimum absolute atomic E-state index is 0.00226. The molecule has 2 aromatic rings. The zero-order chi connectivity index (χ0) is 19.4. The molecule has 142 valence electrons. The largest absolute Gasteiger partial charge is 0.417 e. The smallest absolute Gasteiger partial charge is 0.349 e. The number of halogens is 3. The van der Waals surface area contributed by atoms with E-state index >= 15 is 0 Å². The molecule has 1 saturated carbocycles. The first-order valence-electron chi connectivity index (χ1n) is 8.18. The average molecular weight is 395 g/mol. The van der Waals surface area contributed by atoms with Gasteiger partial charge in [0.1, 0.15) is 0 Å². The van der Waals surface area contributed by atoms with Gasteiger partial charge in [0, 0.05) is 23.5 Å². The van der Waals surface area contributed by atoms with Gasteiger partial charge in [-0.15, -0.1) is 0 Å². The third-order valence-electron chi connectivity index (χ3n) is 3.76. The van der Waals surface area contributed by atoms with Crippen LogP contribution in [0, 0.1) is 0 Å². The lowest BCUT2D eigenvalue weighted by Crippen LogP contribution is -2.25. The van der Waals surface area contributed by atoms with Crippen LogP contribution in [0.15, 0.2) is 47.6 Å². The second kappa shape index (κ2) is 7.99. The molecular weight excluding hydrogens is 379 g/mol. The number of nitrogens with zero attached hydrogens (tertiary/aromatic N) is 1. The van der Waals surface area contributed by atoms with Crippen LogP contribution in [0.4, 0.5) is 18.9 Å². The topological polar surface area (TPSA) is 71.1 Å². The van der Waals surface area contributed by atoms with Crippen molar-refractivity contribution in [2.24, 2.45) is 0 Å². The van der Waals surface area contributed by atoms with Gasteiger partial charge in [0.05, 0.1) is 16.3 Å². The summed E-state index contributed by atoms with van der Waals surface area (Å²) in [6, 6.07) is 8.93. The van der Waals surface area contributed by atoms with Crippen molar-refractivity contribution >= 4 is 29.3 Å². The van der Waals surface area contributed by atoms with Gasteiger partial charge in [-0.2, -0.15) is 13.2 Å². The van der Waals surface area contributed by atoms with Crippen molar-refractivity contribution in [2.75, 3.05) is 11.1 Å². The van der Waals surface area contributed by atoms with Crippen LogP contribution in [0.25, 0.3) is 0 Å². The minimum atomic E-state index is -4.44. The van der Waals surface area contributed by atoms with Gasteiger partial charge < -0.3 is 10.6 Å². The first-order chi connectivity index (χ1) is 12.8. The van der Waals surface area contributed by atoms with E-state index in [9.17, 15) is 22.8 Å². The Labute approximate surface area is 157 Å². The maximum atomic E-state index is 12.5. The van der Waals surface area contributed by atoms with Crippen LogP contribution in [0.5, 0.6) is 0 Å². The van der Waals surface area contributed by atoms with Gasteiger partial charge in [0.25, 0.3) is 5.91 Å². The van der Waals surface area contributed by atoms with E-state index in [-0.39, 0.29) is 23.6 Å². The molecule has 1 aromatic carbocycles. The van der Waals surface area contributed by atoms with Crippen molar-refractivity contribution in [1.82, 2.24) is 10.3 Å². The minimum Gasteiger partial charge on any atom is -0.349 e. The summed E-state index contributed by atoms with van der Waals surface area (Å²) in [6.07, 6.45) is -1.68. The molecule has 0 radical (unpaired) electrons. The number of hydrogen-bond donors (Lipinski definition) is 2. The predicted molar refractivity (Wildman–Crippen MR) is 95.5 cm³/mol. The van der Waals surface area contributed by atoms with Crippen LogP contribution in [-0.4, -0.2) is 28.6 Å². The Morgan fingerprint density at radius 3 is 2.37 bits per heavy atom. The van der Waals surface area contributed by atoms with Crippen molar-refractivity contribution in [3.8, 4) is 0 Å². The predicted octanol–water partition coefficient (Wildman–Crippen LogP) is 3.72. The van der Waals surface area contributed by atoms with Crippen LogP contribution in [0.2, 0.25) is 0 Å². The molecule has 5 nitrogen and oxygen atoms in total. The van der Waals surface area contributed by atoms with E-state index in [0.717, 1.165) is 36.9 Å². The number of alkyl halides is 3. The average Bonchev–Trinajstić information content (AvgIpc) is 3.44. The highest BCUT2D eigenvalue weighted by atomic mass is 32.2. The Bertz CT molecular complexity index is 819. The van der Waals surface area contributed by atoms with E-state index in [1.165, 1.54) is 6.07 Å². The van der Waals surface area contributed by atoms with Crippen molar-refractivity contribution < 1.29 is 22.8 Å². The summed E-state index contributed by atoms with van der Waals surface area (Å²) in [6.45, 7) is 0. The zero-order valence-electron chi connectivity index (χ0n) is 14.0. The number of carbonyl (C=O) groups excluding carboxylic acids is 2. The molecule has 0 saturated heterocycles. The summed E-state index contributed by atoms with van der Waals surface area (Å²) in [7, 11) is 0. The van der Waals surface area contributed by atoms with E-state index in [4.69, 9.17) is 0 Å². The van der Waals surface area contributed by atoms with Crippen LogP contribution in [0.1, 0.15) is 28.8 Å². The number of nitrogens with one attached hydrogen (secondary N) is 2. The van der Waals surface area contributed by atoms with Crippen molar-refractivity contribution in [3.05, 3.63) is 53.7 Å². The molecule has 0 unspecified atom stereocenters. The monoisotopic (exact) mass is 395 g/mol. The number of benzene rings is 1. The van der Waals surface area contributed by atoms with E-state index < -0.39 is 11.7 Å². The Kier molecular flexibility index (Phi) is 5.69. The summed E-state index contributed by atoms with van der Waals surface area (Å²) in [4.78, 5) is 27.6. The molecule has 3 rings (SSSR count). The number of amides is 2. The molecule has 0 bridgehead atoms. The maximum Gasteiger partial charge on any atom is 0.417 e. The van der Waals surface area contributed by atoms with Gasteiger partial charge >= 0.3 is 6.18 Å². The van der Waals surface area contributed by atoms with Crippen molar-refractivity contribution in [3.63, 3.8) is 0 Å². The van der Waals surface area contributed by atoms with E-state index in [1.807, 2.05) is 0 Å². The number of thioether (sulfide) groups is 1. The van der Waals surface area contributed by atoms with Crippen LogP contribution in [0.3, 0.4) is 0 Å². The van der Waals surface area contributed by atoms with Gasteiger partial charge in [-0.25, -0.2) is 4.98 Å². The fraction of sp³-hybridized carbons (Fsp3) is 0.278. The highest BCUT2D eigenvalue weighted by Gasteiger charge is 2.30. The first-order valence-corrected chi connectivity index (χ1v) is 9.16. The van der Waals surface area contributed by atoms with Crippen LogP contribution >= 0.6 is 11.8 Å². The molecule has 0 aliphatic heterocycles. The molecule has 1 aliphatic rings. The molecule has 2 amide bonds. The van der Waals surface area contributed by atoms with Crippen molar-refractivity contribution in [1.29, 1.82) is 0 Å². The highest BCUT2D eigenvalue weighted by molar-refractivity contribution is 7.99. The number of carbonyl (C=O) groups is 2. The second-order valence-corrected chi connectivity index (χ2v) is 7.04. The molecule has 1 fully saturated rings. The molecule has 0 atom stereocenters. The Balaban J connectivity index is 1.48. The second-order valence-electron chi connectivity index (χ2n) is 6.04. The summed E-state index contributed by atoms with van der Waals surface area (Å²) < 4.78 is 37.5. The number of pyridine rings is 1. The molecule has 1 aromatic heterocycles. The Hall–Kier alpha value is -2.55. The zero-order valence-corrected chi connectivity index (χ0v) is 14.9. The molecular formula is C18H16F3N3O2S. The molecule has 0 spiro atoms. The van der Waals surface area contributed by atoms with Gasteiger partial charge in [0.2, 0.25) is 5.91 Å². The number of hydrogen-bond acceptors (Lipinski definition) is 4. The number of anilines is 1. The Morgan fingerprint density at radius 1 is 1.11 bits per heavy atom. The fourth-order valence-corrected chi connectivity index (χ4v) is 2.81. The highest BCUT2D eigenvalue weighted by Crippen LogP contribution is 2.29. The SMILES string of the molecule is O=C(CSc1ccc(C(F)(F)F)cn1)Nc1ccc(C(=O)NC2CC2)cc1. The number of aromatic nitrogens is 1. The summed E-state index contributed by atoms with van der Waals surface area (Å²) >= 11 is 1.03. The molecule has 1 aliphatic carbocycles. The summed E-state index contributed by atoms with van der Waals surface area (Å²) in [5.41, 5.74) is 0.217. The third kappa shape index (κ3) is 5.72. The standard InChI is InChI=1S/C18H16F3N3O2S/c19-18(20,21)12-3-8-16(22-9-12)27-10-15(25)23-13-4-1-11(2-5-13)17(26)24-14-6-7-14/h1-5,8-9,14H,6-7,10H2,(H,23,25)(H,24,26). The van der Waals surface area contributed by atoms with Gasteiger partial charge in [-0.05, 0) is 49.2 Å². The summed E-state index contributed by atoms with van der Waals surface area (Å²) in [5, 5.41) is 5.87. The first kappa shape index (κ1) is 19.2. The summed E-state index contributed by atoms with van der Waals surface area (Å²) in [5.74, 6) is -0.460. The third-order valence-corrected chi connectivity index (χ3v) is 4.70. The van der Waals surface area contributed by atoms with Gasteiger partial charge in [0.15, 0.2) is 0 Å². The lowest BCUT2D eigenvalue weighted by Gasteiger charge is -2.08. The number of rotatable bonds is 6. The van der Waals surface area contributed by atoms with E-state index in [2.05, 4.69) is 15.6 Å². The van der Waals surface area contributed by atoms with Crippen LogP contribution < -0.4 is 10.6 Å². The Morgan fingerprint density at radius 2 is 1.81 bits per heavy atom. The molecule has 2 N–H and O–H groups in total.